The molecule has 2 aromatic rings. The van der Waals surface area contributed by atoms with Crippen LogP contribution in [0.2, 0.25) is 46.6 Å². The highest BCUT2D eigenvalue weighted by molar-refractivity contribution is 9.10. The summed E-state index contributed by atoms with van der Waals surface area (Å²) >= 11 is 14.6. The van der Waals surface area contributed by atoms with Gasteiger partial charge >= 0.3 is 0 Å². The minimum Gasteiger partial charge on any atom is -0.417 e. The number of rotatable bonds is 7. The average Bonchev–Trinajstić information content (AvgIpc) is 2.97. The first kappa shape index (κ1) is 40.7. The molecule has 4 rings (SSSR count). The number of nitrogens with zero attached hydrogens (tertiary/aromatic N) is 3. The summed E-state index contributed by atoms with van der Waals surface area (Å²) < 4.78 is 13.6. The molecule has 10 heteroatoms. The van der Waals surface area contributed by atoms with E-state index in [1.165, 1.54) is 50.6 Å². The molecule has 0 spiro atoms. The van der Waals surface area contributed by atoms with Gasteiger partial charge in [0, 0.05) is 37.0 Å². The molecule has 0 aromatic carbocycles. The number of anilines is 1. The van der Waals surface area contributed by atoms with Crippen LogP contribution in [0.4, 0.5) is 5.69 Å². The minimum absolute atomic E-state index is 0.294. The van der Waals surface area contributed by atoms with Crippen LogP contribution in [0.25, 0.3) is 0 Å². The number of pyridine rings is 2. The van der Waals surface area contributed by atoms with E-state index in [9.17, 15) is 0 Å². The number of aromatic nitrogens is 2. The molecule has 256 valence electrons. The first-order valence-corrected chi connectivity index (χ1v) is 24.1. The predicted molar refractivity (Wildman–Crippen MR) is 204 cm³/mol. The van der Waals surface area contributed by atoms with Crippen LogP contribution >= 0.6 is 39.1 Å². The van der Waals surface area contributed by atoms with Gasteiger partial charge in [0.05, 0.1) is 11.9 Å². The summed E-state index contributed by atoms with van der Waals surface area (Å²) in [5.41, 5.74) is 1.17. The molecule has 1 aliphatic heterocycles. The lowest BCUT2D eigenvalue weighted by Gasteiger charge is -2.39. The zero-order valence-corrected chi connectivity index (χ0v) is 34.8. The van der Waals surface area contributed by atoms with Crippen molar-refractivity contribution >= 4 is 61.5 Å². The van der Waals surface area contributed by atoms with Crippen LogP contribution < -0.4 is 4.90 Å². The fourth-order valence-electron chi connectivity index (χ4n) is 4.71. The van der Waals surface area contributed by atoms with Crippen molar-refractivity contribution in [1.29, 1.82) is 0 Å². The van der Waals surface area contributed by atoms with Gasteiger partial charge in [0.25, 0.3) is 0 Å². The molecule has 3 heterocycles. The van der Waals surface area contributed by atoms with Gasteiger partial charge in [-0.15, -0.1) is 0 Å². The Morgan fingerprint density at radius 2 is 1.16 bits per heavy atom. The maximum Gasteiger partial charge on any atom is 0.191 e. The van der Waals surface area contributed by atoms with E-state index >= 15 is 0 Å². The molecule has 2 aliphatic rings. The Bertz CT molecular complexity index is 1090. The van der Waals surface area contributed by atoms with Crippen molar-refractivity contribution < 1.29 is 8.85 Å². The van der Waals surface area contributed by atoms with Crippen LogP contribution in [0.5, 0.6) is 0 Å². The van der Waals surface area contributed by atoms with Crippen molar-refractivity contribution in [2.45, 2.75) is 123 Å². The summed E-state index contributed by atoms with van der Waals surface area (Å²) in [6.45, 7) is 27.3. The van der Waals surface area contributed by atoms with E-state index in [0.29, 0.717) is 26.3 Å². The predicted octanol–water partition coefficient (Wildman–Crippen LogP) is 12.1. The van der Waals surface area contributed by atoms with Gasteiger partial charge in [0.1, 0.15) is 10.3 Å². The standard InChI is InChI=1S/C17H29ClN2OSi.C13H28OSi.C5H3BrClN/c1-17(2,3)22(4,5)21-13-14-8-10-20(11-9-14)15-6-7-16(18)19-12-15;1-13(2,3)15(4,5)14-11-12-9-7-6-8-10-12;6-4-1-2-5(7)8-3-4/h6-7,12,14H,8-11,13H2,1-5H3;12H,6-11H2,1-5H3;1-3H. The second-order valence-electron chi connectivity index (χ2n) is 15.7. The second-order valence-corrected chi connectivity index (χ2v) is 27.0. The zero-order valence-electron chi connectivity index (χ0n) is 29.7. The normalized spacial score (nSPS) is 17.2. The summed E-state index contributed by atoms with van der Waals surface area (Å²) in [6, 6.07) is 7.49. The van der Waals surface area contributed by atoms with Gasteiger partial charge in [-0.05, 0) is 114 Å². The van der Waals surface area contributed by atoms with Crippen LogP contribution in [-0.4, -0.2) is 52.9 Å². The highest BCUT2D eigenvalue weighted by Gasteiger charge is 2.38. The van der Waals surface area contributed by atoms with Gasteiger partial charge in [-0.2, -0.15) is 0 Å². The van der Waals surface area contributed by atoms with Gasteiger partial charge in [-0.3, -0.25) is 0 Å². The van der Waals surface area contributed by atoms with E-state index in [1.807, 2.05) is 18.3 Å². The molecule has 1 saturated carbocycles. The highest BCUT2D eigenvalue weighted by atomic mass is 79.9. The molecule has 5 nitrogen and oxygen atoms in total. The third kappa shape index (κ3) is 14.7. The lowest BCUT2D eigenvalue weighted by Crippen LogP contribution is -2.43. The van der Waals surface area contributed by atoms with Gasteiger partial charge < -0.3 is 13.8 Å². The largest absolute Gasteiger partial charge is 0.417 e. The molecule has 45 heavy (non-hydrogen) atoms. The monoisotopic (exact) mass is 759 g/mol. The van der Waals surface area contributed by atoms with Crippen molar-refractivity contribution in [2.75, 3.05) is 31.2 Å². The molecule has 2 aromatic heterocycles. The molecule has 0 amide bonds. The van der Waals surface area contributed by atoms with Crippen LogP contribution in [0.3, 0.4) is 0 Å². The van der Waals surface area contributed by atoms with Crippen molar-refractivity contribution in [3.05, 3.63) is 51.4 Å². The number of halogens is 3. The summed E-state index contributed by atoms with van der Waals surface area (Å²) in [5, 5.41) is 1.74. The zero-order chi connectivity index (χ0) is 33.9. The molecule has 0 radical (unpaired) electrons. The molecule has 1 saturated heterocycles. The fourth-order valence-corrected chi connectivity index (χ4v) is 7.34. The minimum atomic E-state index is -1.61. The van der Waals surface area contributed by atoms with E-state index in [1.54, 1.807) is 12.3 Å². The van der Waals surface area contributed by atoms with Gasteiger partial charge in [-0.25, -0.2) is 9.97 Å². The van der Waals surface area contributed by atoms with Gasteiger partial charge in [0.15, 0.2) is 16.6 Å². The van der Waals surface area contributed by atoms with Gasteiger partial charge in [0.2, 0.25) is 0 Å². The van der Waals surface area contributed by atoms with E-state index in [-0.39, 0.29) is 0 Å². The lowest BCUT2D eigenvalue weighted by molar-refractivity contribution is 0.193. The smallest absolute Gasteiger partial charge is 0.191 e. The van der Waals surface area contributed by atoms with E-state index in [2.05, 4.69) is 105 Å². The Labute approximate surface area is 296 Å². The molecule has 0 bridgehead atoms. The van der Waals surface area contributed by atoms with E-state index < -0.39 is 16.6 Å². The quantitative estimate of drug-likeness (QED) is 0.208. The molecular formula is C35H60BrCl2N3O2Si2. The van der Waals surface area contributed by atoms with Crippen LogP contribution in [0, 0.1) is 11.8 Å². The molecular weight excluding hydrogens is 701 g/mol. The molecule has 0 atom stereocenters. The Morgan fingerprint density at radius 3 is 1.53 bits per heavy atom. The summed E-state index contributed by atoms with van der Waals surface area (Å²) in [6.07, 6.45) is 13.0. The van der Waals surface area contributed by atoms with E-state index in [0.717, 1.165) is 36.7 Å². The maximum atomic E-state index is 6.38. The number of hydrogen-bond donors (Lipinski definition) is 0. The van der Waals surface area contributed by atoms with E-state index in [4.69, 9.17) is 32.1 Å². The average molecular weight is 762 g/mol. The Hall–Kier alpha value is -0.486. The second kappa shape index (κ2) is 18.3. The maximum absolute atomic E-state index is 6.38. The molecule has 0 unspecified atom stereocenters. The Morgan fingerprint density at radius 1 is 0.711 bits per heavy atom. The Kier molecular flexibility index (Phi) is 16.6. The van der Waals surface area contributed by atoms with Crippen molar-refractivity contribution in [1.82, 2.24) is 9.97 Å². The lowest BCUT2D eigenvalue weighted by atomic mass is 9.90. The summed E-state index contributed by atoms with van der Waals surface area (Å²) in [7, 11) is -3.10. The van der Waals surface area contributed by atoms with Gasteiger partial charge in [-0.1, -0.05) is 84.0 Å². The number of piperidine rings is 1. The third-order valence-corrected chi connectivity index (χ3v) is 20.0. The van der Waals surface area contributed by atoms with Crippen LogP contribution in [0.15, 0.2) is 41.1 Å². The molecule has 2 fully saturated rings. The third-order valence-electron chi connectivity index (χ3n) is 10.1. The fraction of sp³-hybridized carbons (Fsp3) is 0.714. The van der Waals surface area contributed by atoms with Crippen molar-refractivity contribution in [3.8, 4) is 0 Å². The number of hydrogen-bond acceptors (Lipinski definition) is 5. The molecule has 1 aliphatic carbocycles. The first-order valence-electron chi connectivity index (χ1n) is 16.7. The summed E-state index contributed by atoms with van der Waals surface area (Å²) in [4.78, 5) is 10.4. The highest BCUT2D eigenvalue weighted by Crippen LogP contribution is 2.38. The Balaban J connectivity index is 0.000000263. The topological polar surface area (TPSA) is 47.5 Å². The first-order chi connectivity index (χ1) is 20.8. The van der Waals surface area contributed by atoms with Crippen LogP contribution in [-0.2, 0) is 8.85 Å². The van der Waals surface area contributed by atoms with Crippen molar-refractivity contribution in [3.63, 3.8) is 0 Å². The van der Waals surface area contributed by atoms with Crippen LogP contribution in [0.1, 0.15) is 86.5 Å². The SMILES string of the molecule is CC(C)(C)[Si](C)(C)OCC1CCCCC1.CC(C)(C)[Si](C)(C)OCC1CCN(c2ccc(Cl)nc2)CC1.Clc1ccc(Br)cn1. The van der Waals surface area contributed by atoms with Crippen molar-refractivity contribution in [2.24, 2.45) is 11.8 Å². The summed E-state index contributed by atoms with van der Waals surface area (Å²) in [5.74, 6) is 1.54. The molecule has 0 N–H and O–H groups in total.